The van der Waals surface area contributed by atoms with Crippen LogP contribution in [0.1, 0.15) is 59.7 Å². The Balaban J connectivity index is 1.49. The Morgan fingerprint density at radius 3 is 1.62 bits per heavy atom. The average Bonchev–Trinajstić information content (AvgIpc) is 3.58. The summed E-state index contributed by atoms with van der Waals surface area (Å²) in [5, 5.41) is 0.874. The molecule has 276 valence electrons. The Hall–Kier alpha value is -6.16. The summed E-state index contributed by atoms with van der Waals surface area (Å²) in [6, 6.07) is 26.4. The van der Waals surface area contributed by atoms with E-state index in [1.165, 1.54) is 11.0 Å². The lowest BCUT2D eigenvalue weighted by atomic mass is 9.90. The number of carbonyl (C=O) groups excluding carboxylic acids is 2. The van der Waals surface area contributed by atoms with Gasteiger partial charge in [-0.2, -0.15) is 26.3 Å². The minimum Gasteiger partial charge on any atom is -0.308 e. The standard InChI is InChI=1S/C45H32F6N2O2/c1-23-15-17-29(25(3)19-23)31-9-6-12-35-38(31)39-32(30-18-16-28(44(46,47)48)22-34(30)45(49,50)51)10-7-13-36(39)52(35)37-14-8-11-33-40(37)43(55)53(42(33)54)41-26(4)20-24(2)21-27(41)5/h6-22H,1-5H3. The van der Waals surface area contributed by atoms with E-state index in [0.29, 0.717) is 44.8 Å². The van der Waals surface area contributed by atoms with Gasteiger partial charge >= 0.3 is 12.4 Å². The summed E-state index contributed by atoms with van der Waals surface area (Å²) in [5.74, 6) is -1.06. The third-order valence-electron chi connectivity index (χ3n) is 10.4. The molecule has 0 spiro atoms. The Labute approximate surface area is 312 Å². The van der Waals surface area contributed by atoms with Crippen molar-refractivity contribution in [3.63, 3.8) is 0 Å². The van der Waals surface area contributed by atoms with E-state index < -0.39 is 40.9 Å². The molecule has 0 bridgehead atoms. The minimum absolute atomic E-state index is 0.0574. The fourth-order valence-electron chi connectivity index (χ4n) is 8.30. The molecule has 1 aliphatic rings. The van der Waals surface area contributed by atoms with E-state index in [2.05, 4.69) is 0 Å². The number of rotatable bonds is 4. The second-order valence-electron chi connectivity index (χ2n) is 14.2. The third kappa shape index (κ3) is 5.61. The zero-order chi connectivity index (χ0) is 39.3. The Morgan fingerprint density at radius 1 is 0.491 bits per heavy atom. The van der Waals surface area contributed by atoms with Crippen molar-refractivity contribution in [1.82, 2.24) is 4.57 Å². The van der Waals surface area contributed by atoms with E-state index in [1.54, 1.807) is 41.0 Å². The lowest BCUT2D eigenvalue weighted by molar-refractivity contribution is -0.142. The van der Waals surface area contributed by atoms with Crippen molar-refractivity contribution in [1.29, 1.82) is 0 Å². The largest absolute Gasteiger partial charge is 0.417 e. The molecule has 4 nitrogen and oxygen atoms in total. The monoisotopic (exact) mass is 746 g/mol. The summed E-state index contributed by atoms with van der Waals surface area (Å²) in [6.07, 6.45) is -10.1. The van der Waals surface area contributed by atoms with E-state index in [9.17, 15) is 35.9 Å². The molecule has 2 heterocycles. The highest BCUT2D eigenvalue weighted by atomic mass is 19.4. The van der Waals surface area contributed by atoms with E-state index in [1.807, 2.05) is 77.1 Å². The van der Waals surface area contributed by atoms with E-state index in [-0.39, 0.29) is 22.8 Å². The number of anilines is 1. The van der Waals surface area contributed by atoms with Gasteiger partial charge in [-0.25, -0.2) is 4.90 Å². The van der Waals surface area contributed by atoms with Crippen LogP contribution in [0.5, 0.6) is 0 Å². The summed E-state index contributed by atoms with van der Waals surface area (Å²) < 4.78 is 87.4. The Morgan fingerprint density at radius 2 is 1.04 bits per heavy atom. The van der Waals surface area contributed by atoms with Gasteiger partial charge in [-0.3, -0.25) is 9.59 Å². The molecular weight excluding hydrogens is 714 g/mol. The maximum Gasteiger partial charge on any atom is 0.417 e. The SMILES string of the molecule is Cc1ccc(-c2cccc3c2c2c(-c4ccc(C(F)(F)F)cc4C(F)(F)F)cccc2n3-c2cccc3c2C(=O)N(c2c(C)cc(C)cc2C)C3=O)c(C)c1. The number of aromatic nitrogens is 1. The highest BCUT2D eigenvalue weighted by Crippen LogP contribution is 2.48. The Kier molecular flexibility index (Phi) is 8.11. The molecular formula is C45H32F6N2O2. The number of hydrogen-bond acceptors (Lipinski definition) is 2. The number of benzene rings is 6. The van der Waals surface area contributed by atoms with Crippen LogP contribution in [0.25, 0.3) is 49.7 Å². The number of imide groups is 1. The first-order valence-electron chi connectivity index (χ1n) is 17.5. The molecule has 7 aromatic rings. The molecule has 8 rings (SSSR count). The topological polar surface area (TPSA) is 42.3 Å². The van der Waals surface area contributed by atoms with Gasteiger partial charge in [0, 0.05) is 10.8 Å². The minimum atomic E-state index is -5.13. The molecule has 0 aliphatic carbocycles. The molecule has 2 amide bonds. The molecule has 6 aromatic carbocycles. The van der Waals surface area contributed by atoms with Gasteiger partial charge < -0.3 is 4.57 Å². The number of halogens is 6. The van der Waals surface area contributed by atoms with Crippen molar-refractivity contribution in [2.75, 3.05) is 4.90 Å². The van der Waals surface area contributed by atoms with Gasteiger partial charge in [-0.15, -0.1) is 0 Å². The van der Waals surface area contributed by atoms with E-state index >= 15 is 0 Å². The molecule has 0 fully saturated rings. The van der Waals surface area contributed by atoms with Gasteiger partial charge in [0.15, 0.2) is 0 Å². The smallest absolute Gasteiger partial charge is 0.308 e. The normalized spacial score (nSPS) is 13.4. The van der Waals surface area contributed by atoms with Crippen LogP contribution in [0.3, 0.4) is 0 Å². The van der Waals surface area contributed by atoms with Crippen molar-refractivity contribution < 1.29 is 35.9 Å². The summed E-state index contributed by atoms with van der Waals surface area (Å²) >= 11 is 0. The van der Waals surface area contributed by atoms with Crippen LogP contribution in [0.4, 0.5) is 32.0 Å². The Bertz CT molecular complexity index is 2770. The quantitative estimate of drug-likeness (QED) is 0.133. The van der Waals surface area contributed by atoms with Crippen molar-refractivity contribution >= 4 is 39.3 Å². The summed E-state index contributed by atoms with van der Waals surface area (Å²) in [7, 11) is 0. The summed E-state index contributed by atoms with van der Waals surface area (Å²) in [5.41, 5.74) is 4.63. The maximum atomic E-state index is 14.8. The van der Waals surface area contributed by atoms with Gasteiger partial charge in [0.25, 0.3) is 11.8 Å². The average molecular weight is 747 g/mol. The number of amides is 2. The van der Waals surface area contributed by atoms with Crippen molar-refractivity contribution in [2.45, 2.75) is 47.0 Å². The predicted molar refractivity (Wildman–Crippen MR) is 203 cm³/mol. The lowest BCUT2D eigenvalue weighted by Crippen LogP contribution is -2.31. The number of hydrogen-bond donors (Lipinski definition) is 0. The van der Waals surface area contributed by atoms with Gasteiger partial charge in [0.05, 0.1) is 44.7 Å². The molecule has 10 heteroatoms. The first-order chi connectivity index (χ1) is 26.0. The molecule has 0 saturated heterocycles. The predicted octanol–water partition coefficient (Wildman–Crippen LogP) is 12.5. The van der Waals surface area contributed by atoms with Crippen LogP contribution < -0.4 is 4.90 Å². The first-order valence-corrected chi connectivity index (χ1v) is 17.5. The number of carbonyl (C=O) groups is 2. The zero-order valence-corrected chi connectivity index (χ0v) is 30.3. The van der Waals surface area contributed by atoms with Crippen molar-refractivity contribution in [2.24, 2.45) is 0 Å². The highest BCUT2D eigenvalue weighted by Gasteiger charge is 2.42. The molecule has 0 unspecified atom stereocenters. The van der Waals surface area contributed by atoms with Gasteiger partial charge in [0.2, 0.25) is 0 Å². The van der Waals surface area contributed by atoms with Gasteiger partial charge in [-0.05, 0) is 110 Å². The van der Waals surface area contributed by atoms with Crippen LogP contribution in [-0.4, -0.2) is 16.4 Å². The zero-order valence-electron chi connectivity index (χ0n) is 30.3. The molecule has 0 atom stereocenters. The van der Waals surface area contributed by atoms with Crippen molar-refractivity contribution in [3.05, 3.63) is 153 Å². The van der Waals surface area contributed by atoms with Crippen molar-refractivity contribution in [3.8, 4) is 27.9 Å². The number of fused-ring (bicyclic) bond motifs is 4. The fraction of sp³-hybridized carbons (Fsp3) is 0.156. The molecule has 1 aromatic heterocycles. The second kappa shape index (κ2) is 12.4. The number of alkyl halides is 6. The molecule has 0 N–H and O–H groups in total. The second-order valence-corrected chi connectivity index (χ2v) is 14.2. The molecule has 1 aliphatic heterocycles. The number of nitrogens with zero attached hydrogens (tertiary/aromatic N) is 2. The fourth-order valence-corrected chi connectivity index (χ4v) is 8.30. The maximum absolute atomic E-state index is 14.8. The van der Waals surface area contributed by atoms with Gasteiger partial charge in [-0.1, -0.05) is 77.9 Å². The lowest BCUT2D eigenvalue weighted by Gasteiger charge is -2.20. The van der Waals surface area contributed by atoms with Crippen LogP contribution in [0.15, 0.2) is 103 Å². The summed E-state index contributed by atoms with van der Waals surface area (Å²) in [4.78, 5) is 29.9. The first kappa shape index (κ1) is 35.8. The third-order valence-corrected chi connectivity index (χ3v) is 10.4. The molecule has 0 radical (unpaired) electrons. The van der Waals surface area contributed by atoms with Gasteiger partial charge in [0.1, 0.15) is 0 Å². The molecule has 55 heavy (non-hydrogen) atoms. The van der Waals surface area contributed by atoms with E-state index in [0.717, 1.165) is 39.4 Å². The summed E-state index contributed by atoms with van der Waals surface area (Å²) in [6.45, 7) is 9.47. The van der Waals surface area contributed by atoms with Crippen LogP contribution in [0, 0.1) is 34.6 Å². The van der Waals surface area contributed by atoms with E-state index in [4.69, 9.17) is 0 Å². The highest BCUT2D eigenvalue weighted by molar-refractivity contribution is 6.36. The molecule has 0 saturated carbocycles. The van der Waals surface area contributed by atoms with Crippen LogP contribution in [-0.2, 0) is 12.4 Å². The van der Waals surface area contributed by atoms with Crippen LogP contribution >= 0.6 is 0 Å². The number of aryl methyl sites for hydroxylation is 5. The van der Waals surface area contributed by atoms with Crippen LogP contribution in [0.2, 0.25) is 0 Å².